The first-order valence-corrected chi connectivity index (χ1v) is 28.5. The van der Waals surface area contributed by atoms with Gasteiger partial charge in [-0.15, -0.1) is 0 Å². The molecular formula is C57H86ClN3O19. The molecule has 4 saturated heterocycles. The fourth-order valence-electron chi connectivity index (χ4n) is 12.5. The molecule has 3 N–H and O–H groups in total. The molecule has 1 aromatic heterocycles. The largest absolute Gasteiger partial charge is 0.509 e. The average Bonchev–Trinajstić information content (AvgIpc) is 4.35. The Morgan fingerprint density at radius 3 is 2.27 bits per heavy atom. The molecule has 1 aliphatic carbocycles. The van der Waals surface area contributed by atoms with Crippen LogP contribution in [0.3, 0.4) is 0 Å². The number of fused-ring (bicyclic) bond motifs is 2. The number of benzene rings is 1. The van der Waals surface area contributed by atoms with Gasteiger partial charge in [0, 0.05) is 50.3 Å². The number of pyridine rings is 1. The topological polar surface area (TPSA) is 259 Å². The smallest absolute Gasteiger partial charge is 0.490 e. The average molecular weight is 1150 g/mol. The van der Waals surface area contributed by atoms with Crippen molar-refractivity contribution in [3.05, 3.63) is 39.1 Å². The lowest BCUT2D eigenvalue weighted by molar-refractivity contribution is -0.318. The molecule has 4 aliphatic heterocycles. The summed E-state index contributed by atoms with van der Waals surface area (Å²) in [6.45, 7) is 18.4. The number of carboxylic acid groups (broad SMARTS) is 1. The van der Waals surface area contributed by atoms with E-state index in [0.717, 1.165) is 12.8 Å². The number of aliphatic hydroxyl groups excluding tert-OH is 1. The molecule has 80 heavy (non-hydrogen) atoms. The molecule has 5 heterocycles. The minimum Gasteiger partial charge on any atom is -0.490 e. The number of carbonyl (C=O) groups excluding carboxylic acids is 3. The van der Waals surface area contributed by atoms with Crippen molar-refractivity contribution in [1.82, 2.24) is 14.4 Å². The van der Waals surface area contributed by atoms with Gasteiger partial charge in [-0.1, -0.05) is 32.4 Å². The molecule has 0 radical (unpaired) electrons. The molecule has 0 spiro atoms. The van der Waals surface area contributed by atoms with E-state index in [0.29, 0.717) is 18.5 Å². The van der Waals surface area contributed by atoms with Gasteiger partial charge in [0.15, 0.2) is 30.4 Å². The summed E-state index contributed by atoms with van der Waals surface area (Å²) in [5.41, 5.74) is -4.69. The number of carbonyl (C=O) groups is 4. The molecular weight excluding hydrogens is 1070 g/mol. The van der Waals surface area contributed by atoms with Crippen LogP contribution in [0.25, 0.3) is 10.9 Å². The summed E-state index contributed by atoms with van der Waals surface area (Å²) in [4.78, 5) is 70.2. The van der Waals surface area contributed by atoms with Crippen molar-refractivity contribution in [2.24, 2.45) is 17.8 Å². The van der Waals surface area contributed by atoms with Crippen molar-refractivity contribution in [1.29, 1.82) is 0 Å². The van der Waals surface area contributed by atoms with Crippen LogP contribution in [0.15, 0.2) is 23.1 Å². The van der Waals surface area contributed by atoms with Gasteiger partial charge in [0.05, 0.1) is 71.5 Å². The number of rotatable bonds is 17. The summed E-state index contributed by atoms with van der Waals surface area (Å²) in [6.07, 6.45) is -6.46. The normalized spacial score (nSPS) is 37.7. The zero-order valence-corrected chi connectivity index (χ0v) is 49.6. The van der Waals surface area contributed by atoms with Crippen LogP contribution in [0.1, 0.15) is 131 Å². The van der Waals surface area contributed by atoms with Gasteiger partial charge in [0.1, 0.15) is 35.7 Å². The highest BCUT2D eigenvalue weighted by molar-refractivity contribution is 6.32. The van der Waals surface area contributed by atoms with Gasteiger partial charge in [0.2, 0.25) is 5.43 Å². The Bertz CT molecular complexity index is 2580. The van der Waals surface area contributed by atoms with E-state index in [1.807, 2.05) is 58.6 Å². The molecule has 0 bridgehead atoms. The number of likely N-dealkylation sites (N-methyl/N-ethyl adjacent to an activating group) is 2. The van der Waals surface area contributed by atoms with Crippen molar-refractivity contribution >= 4 is 46.6 Å². The molecule has 22 nitrogen and oxygen atoms in total. The molecule has 5 fully saturated rings. The fourth-order valence-corrected chi connectivity index (χ4v) is 12.7. The molecule has 2 aromatic rings. The van der Waals surface area contributed by atoms with Crippen molar-refractivity contribution in [3.63, 3.8) is 0 Å². The number of esters is 2. The minimum atomic E-state index is -1.64. The third kappa shape index (κ3) is 13.9. The summed E-state index contributed by atoms with van der Waals surface area (Å²) in [7, 11) is 7.12. The van der Waals surface area contributed by atoms with Crippen LogP contribution >= 0.6 is 11.6 Å². The Balaban J connectivity index is 1.07. The first-order chi connectivity index (χ1) is 37.5. The number of aromatic carboxylic acids is 1. The monoisotopic (exact) mass is 1150 g/mol. The second-order valence-electron chi connectivity index (χ2n) is 23.9. The van der Waals surface area contributed by atoms with E-state index < -0.39 is 119 Å². The van der Waals surface area contributed by atoms with Gasteiger partial charge in [-0.3, -0.25) is 19.3 Å². The van der Waals surface area contributed by atoms with Gasteiger partial charge < -0.3 is 76.9 Å². The summed E-state index contributed by atoms with van der Waals surface area (Å²) in [6, 6.07) is 2.37. The van der Waals surface area contributed by atoms with Gasteiger partial charge >= 0.3 is 24.1 Å². The summed E-state index contributed by atoms with van der Waals surface area (Å²) < 4.78 is 70.2. The van der Waals surface area contributed by atoms with E-state index in [9.17, 15) is 39.3 Å². The predicted molar refractivity (Wildman–Crippen MR) is 291 cm³/mol. The Morgan fingerprint density at radius 2 is 1.64 bits per heavy atom. The van der Waals surface area contributed by atoms with Crippen LogP contribution in [0.5, 0.6) is 5.75 Å². The summed E-state index contributed by atoms with van der Waals surface area (Å²) >= 11 is 6.56. The molecule has 7 rings (SSSR count). The van der Waals surface area contributed by atoms with E-state index in [-0.39, 0.29) is 91.3 Å². The lowest BCUT2D eigenvalue weighted by atomic mass is 9.77. The molecule has 0 amide bonds. The van der Waals surface area contributed by atoms with E-state index >= 15 is 0 Å². The second-order valence-corrected chi connectivity index (χ2v) is 24.3. The fraction of sp³-hybridized carbons (Fsp3) is 0.772. The van der Waals surface area contributed by atoms with Crippen LogP contribution in [0, 0.1) is 17.8 Å². The van der Waals surface area contributed by atoms with Crippen molar-refractivity contribution < 1.29 is 86.6 Å². The molecule has 23 heteroatoms. The number of halogens is 1. The number of cyclic esters (lactones) is 1. The molecule has 5 aliphatic rings. The molecule has 0 unspecified atom stereocenters. The van der Waals surface area contributed by atoms with Gasteiger partial charge in [-0.2, -0.15) is 0 Å². The van der Waals surface area contributed by atoms with E-state index in [2.05, 4.69) is 0 Å². The van der Waals surface area contributed by atoms with Gasteiger partial charge in [0.25, 0.3) is 0 Å². The highest BCUT2D eigenvalue weighted by Crippen LogP contribution is 2.43. The number of hydrogen-bond donors (Lipinski definition) is 3. The zero-order valence-electron chi connectivity index (χ0n) is 48.8. The highest BCUT2D eigenvalue weighted by atomic mass is 35.5. The molecule has 1 aromatic carbocycles. The van der Waals surface area contributed by atoms with Crippen LogP contribution < -0.4 is 10.2 Å². The number of methoxy groups -OCH3 is 1. The van der Waals surface area contributed by atoms with Crippen molar-refractivity contribution in [2.75, 3.05) is 54.6 Å². The lowest BCUT2D eigenvalue weighted by Crippen LogP contribution is -2.61. The Kier molecular flexibility index (Phi) is 20.4. The first-order valence-electron chi connectivity index (χ1n) is 28.1. The van der Waals surface area contributed by atoms with Gasteiger partial charge in [-0.25, -0.2) is 9.59 Å². The maximum Gasteiger partial charge on any atom is 0.509 e. The Labute approximate surface area is 473 Å². The first kappa shape index (κ1) is 63.4. The third-order valence-electron chi connectivity index (χ3n) is 17.1. The van der Waals surface area contributed by atoms with Crippen LogP contribution in [-0.2, 0) is 57.0 Å². The lowest BCUT2D eigenvalue weighted by Gasteiger charge is -2.49. The van der Waals surface area contributed by atoms with Crippen LogP contribution in [-0.4, -0.2) is 199 Å². The predicted octanol–water partition coefficient (Wildman–Crippen LogP) is 6.12. The highest BCUT2D eigenvalue weighted by Gasteiger charge is 2.59. The number of ether oxygens (including phenoxy) is 11. The number of hydrogen-bond acceptors (Lipinski definition) is 20. The minimum absolute atomic E-state index is 0.00143. The second kappa shape index (κ2) is 25.7. The zero-order chi connectivity index (χ0) is 58.9. The van der Waals surface area contributed by atoms with E-state index in [1.54, 1.807) is 52.2 Å². The molecule has 18 atom stereocenters. The summed E-state index contributed by atoms with van der Waals surface area (Å²) in [5.74, 6) is -4.57. The van der Waals surface area contributed by atoms with Crippen molar-refractivity contribution in [2.45, 2.75) is 211 Å². The summed E-state index contributed by atoms with van der Waals surface area (Å²) in [5, 5.41) is 34.8. The number of carboxylic acids is 1. The standard InChI is InChI=1S/C57H86ClN3O19/c1-15-42-57(10)49(79-54(68)80-57)33(6)60(13)27-29(2)25-55(8,69)48(78-53-46(64)40(59(11)12)22-30(3)73-53)31(4)47(32(5)52(67)75-42)77-44-26-56(9,70-14)50(34(7)74-44)76-43(62)18-19-71-20-21-72-41-23-36-39(24-38(41)58)61(35-16-17-35)28-37(45(36)63)51(65)66/h23-24,28-35,40,42,44,46-50,53,64,69H,15-22,25-27H2,1-14H3,(H,65,66)/t29-,30-,31+,32-,33-,34+,40+,42-,44+,46-,47+,48+,49-,50+,53+,55-,56-,57+/m1/s1. The van der Waals surface area contributed by atoms with Crippen molar-refractivity contribution in [3.8, 4) is 5.75 Å². The number of aromatic nitrogens is 1. The Hall–Kier alpha value is -4.20. The molecule has 1 saturated carbocycles. The van der Waals surface area contributed by atoms with Gasteiger partial charge in [-0.05, 0) is 120 Å². The SMILES string of the molecule is CC[C@H]1OC(=O)[C@H](C)[C@@H](O[C@H]2C[C@@](C)(OC)[C@@H](OC(=O)CCOCCOc3cc4c(=O)c(C(=O)O)cn(C5CC5)c4cc3Cl)[C@H](C)O2)[C@H](C)[C@H](O[C@@H]2O[C@H](C)C[C@H](N(C)C)[C@H]2O)[C@](C)(O)C[C@@H](C)CN(C)[C@H](C)[C@H]2OC(=O)O[C@]21C. The third-order valence-corrected chi connectivity index (χ3v) is 17.4. The van der Waals surface area contributed by atoms with E-state index in [4.69, 9.17) is 63.7 Å². The molecule has 450 valence electrons. The quantitative estimate of drug-likeness (QED) is 0.0915. The van der Waals surface area contributed by atoms with Crippen LogP contribution in [0.2, 0.25) is 5.02 Å². The van der Waals surface area contributed by atoms with Crippen LogP contribution in [0.4, 0.5) is 4.79 Å². The Morgan fingerprint density at radius 1 is 0.938 bits per heavy atom. The number of nitrogens with zero attached hydrogens (tertiary/aromatic N) is 3. The number of aliphatic hydroxyl groups is 2. The maximum absolute atomic E-state index is 14.8. The van der Waals surface area contributed by atoms with E-state index in [1.165, 1.54) is 19.4 Å². The maximum atomic E-state index is 14.8.